The molecule has 0 bridgehead atoms. The van der Waals surface area contributed by atoms with E-state index in [0.717, 1.165) is 15.6 Å². The lowest BCUT2D eigenvalue weighted by atomic mass is 10.2. The van der Waals surface area contributed by atoms with Crippen molar-refractivity contribution in [2.45, 2.75) is 0 Å². The number of fused-ring (bicyclic) bond motifs is 1. The van der Waals surface area contributed by atoms with Crippen molar-refractivity contribution in [3.05, 3.63) is 46.9 Å². The van der Waals surface area contributed by atoms with Gasteiger partial charge in [0.05, 0.1) is 5.56 Å². The van der Waals surface area contributed by atoms with Crippen LogP contribution in [-0.2, 0) is 0 Å². The van der Waals surface area contributed by atoms with E-state index in [2.05, 4.69) is 36.4 Å². The van der Waals surface area contributed by atoms with Crippen LogP contribution in [0.2, 0.25) is 0 Å². The Labute approximate surface area is 126 Å². The second-order valence-corrected chi connectivity index (χ2v) is 5.21. The van der Waals surface area contributed by atoms with Crippen molar-refractivity contribution in [1.82, 2.24) is 20.5 Å². The predicted molar refractivity (Wildman–Crippen MR) is 78.2 cm³/mol. The molecule has 0 unspecified atom stereocenters. The zero-order valence-corrected chi connectivity index (χ0v) is 12.1. The molecule has 0 fully saturated rings. The van der Waals surface area contributed by atoms with Crippen molar-refractivity contribution in [3.63, 3.8) is 0 Å². The highest BCUT2D eigenvalue weighted by atomic mass is 79.9. The third-order valence-electron chi connectivity index (χ3n) is 3.04. The predicted octanol–water partition coefficient (Wildman–Crippen LogP) is 3.70. The van der Waals surface area contributed by atoms with Crippen molar-refractivity contribution in [1.29, 1.82) is 0 Å². The fraction of sp³-hybridized carbons (Fsp3) is 0. The Bertz CT molecular complexity index is 931. The molecule has 0 radical (unpaired) electrons. The molecule has 2 heterocycles. The Kier molecular flexibility index (Phi) is 2.78. The van der Waals surface area contributed by atoms with Gasteiger partial charge in [0, 0.05) is 15.3 Å². The summed E-state index contributed by atoms with van der Waals surface area (Å²) in [6.45, 7) is 0. The maximum atomic E-state index is 5.33. The fourth-order valence-corrected chi connectivity index (χ4v) is 2.46. The van der Waals surface area contributed by atoms with E-state index in [9.17, 15) is 0 Å². The molecule has 0 saturated heterocycles. The monoisotopic (exact) mass is 342 g/mol. The highest BCUT2D eigenvalue weighted by Crippen LogP contribution is 2.29. The molecule has 0 amide bonds. The van der Waals surface area contributed by atoms with Crippen molar-refractivity contribution >= 4 is 27.0 Å². The molecule has 102 valence electrons. The van der Waals surface area contributed by atoms with Crippen LogP contribution in [-0.4, -0.2) is 20.5 Å². The minimum absolute atomic E-state index is 0.454. The number of hydrogen-bond acceptors (Lipinski definition) is 6. The van der Waals surface area contributed by atoms with Crippen molar-refractivity contribution in [3.8, 4) is 22.8 Å². The summed E-state index contributed by atoms with van der Waals surface area (Å²) in [7, 11) is 0. The van der Waals surface area contributed by atoms with Gasteiger partial charge >= 0.3 is 0 Å². The number of nitrogens with zero attached hydrogens (tertiary/aromatic N) is 4. The number of halogens is 1. The Hall–Kier alpha value is -2.54. The number of rotatable bonds is 2. The first-order chi connectivity index (χ1) is 10.3. The Morgan fingerprint density at radius 3 is 2.81 bits per heavy atom. The van der Waals surface area contributed by atoms with Crippen LogP contribution >= 0.6 is 15.9 Å². The Morgan fingerprint density at radius 2 is 1.90 bits per heavy atom. The first-order valence-corrected chi connectivity index (χ1v) is 6.92. The number of aromatic nitrogens is 4. The molecular formula is C14H7BrN4O2. The van der Waals surface area contributed by atoms with Gasteiger partial charge in [-0.15, -0.1) is 5.10 Å². The van der Waals surface area contributed by atoms with Crippen LogP contribution in [0.3, 0.4) is 0 Å². The minimum Gasteiger partial charge on any atom is -0.337 e. The summed E-state index contributed by atoms with van der Waals surface area (Å²) >= 11 is 3.47. The first-order valence-electron chi connectivity index (χ1n) is 6.12. The lowest BCUT2D eigenvalue weighted by Gasteiger charge is -1.96. The molecule has 0 atom stereocenters. The molecule has 4 rings (SSSR count). The Balaban J connectivity index is 1.78. The van der Waals surface area contributed by atoms with Gasteiger partial charge in [-0.25, -0.2) is 0 Å². The normalized spacial score (nSPS) is 11.1. The van der Waals surface area contributed by atoms with Crippen LogP contribution in [0.15, 0.2) is 56.0 Å². The van der Waals surface area contributed by atoms with Crippen molar-refractivity contribution in [2.75, 3.05) is 0 Å². The number of hydrogen-bond donors (Lipinski definition) is 0. The summed E-state index contributed by atoms with van der Waals surface area (Å²) in [6.07, 6.45) is 0. The minimum atomic E-state index is 0.454. The molecule has 2 aromatic carbocycles. The average molecular weight is 343 g/mol. The zero-order valence-electron chi connectivity index (χ0n) is 10.5. The van der Waals surface area contributed by atoms with Gasteiger partial charge in [0.2, 0.25) is 5.82 Å². The average Bonchev–Trinajstić information content (AvgIpc) is 3.16. The van der Waals surface area contributed by atoms with E-state index in [1.807, 2.05) is 30.3 Å². The van der Waals surface area contributed by atoms with Crippen LogP contribution in [0.25, 0.3) is 33.9 Å². The molecular weight excluding hydrogens is 336 g/mol. The van der Waals surface area contributed by atoms with Crippen molar-refractivity contribution in [2.24, 2.45) is 0 Å². The lowest BCUT2D eigenvalue weighted by Crippen LogP contribution is -1.82. The highest BCUT2D eigenvalue weighted by molar-refractivity contribution is 9.10. The van der Waals surface area contributed by atoms with Gasteiger partial charge in [-0.1, -0.05) is 17.3 Å². The summed E-state index contributed by atoms with van der Waals surface area (Å²) in [5, 5.41) is 11.4. The van der Waals surface area contributed by atoms with Gasteiger partial charge in [0.25, 0.3) is 5.89 Å². The zero-order chi connectivity index (χ0) is 14.2. The van der Waals surface area contributed by atoms with Gasteiger partial charge in [0.15, 0.2) is 5.58 Å². The second kappa shape index (κ2) is 4.78. The second-order valence-electron chi connectivity index (χ2n) is 4.36. The lowest BCUT2D eigenvalue weighted by molar-refractivity contribution is 0.424. The van der Waals surface area contributed by atoms with E-state index < -0.39 is 0 Å². The van der Waals surface area contributed by atoms with E-state index in [4.69, 9.17) is 9.05 Å². The molecule has 2 aromatic heterocycles. The van der Waals surface area contributed by atoms with Crippen LogP contribution in [0.5, 0.6) is 0 Å². The topological polar surface area (TPSA) is 77.8 Å². The van der Waals surface area contributed by atoms with Gasteiger partial charge in [-0.05, 0) is 46.3 Å². The molecule has 0 spiro atoms. The SMILES string of the molecule is Brc1ccccc1-c1nc(-c2ccc3onnc3c2)no1. The maximum Gasteiger partial charge on any atom is 0.259 e. The molecule has 0 aliphatic heterocycles. The molecule has 7 heteroatoms. The highest BCUT2D eigenvalue weighted by Gasteiger charge is 2.13. The fourth-order valence-electron chi connectivity index (χ4n) is 2.00. The maximum absolute atomic E-state index is 5.33. The third kappa shape index (κ3) is 2.11. The largest absolute Gasteiger partial charge is 0.337 e. The Morgan fingerprint density at radius 1 is 1.00 bits per heavy atom. The quantitative estimate of drug-likeness (QED) is 0.552. The summed E-state index contributed by atoms with van der Waals surface area (Å²) in [5.41, 5.74) is 2.91. The molecule has 0 aliphatic rings. The third-order valence-corrected chi connectivity index (χ3v) is 3.73. The smallest absolute Gasteiger partial charge is 0.259 e. The van der Waals surface area contributed by atoms with E-state index >= 15 is 0 Å². The summed E-state index contributed by atoms with van der Waals surface area (Å²) in [6, 6.07) is 13.1. The van der Waals surface area contributed by atoms with Crippen LogP contribution in [0, 0.1) is 0 Å². The standard InChI is InChI=1S/C14H7BrN4O2/c15-10-4-2-1-3-9(10)14-16-13(18-21-14)8-5-6-12-11(7-8)17-19-20-12/h1-7H. The molecule has 0 saturated carbocycles. The molecule has 4 aromatic rings. The summed E-state index contributed by atoms with van der Waals surface area (Å²) in [5.74, 6) is 0.946. The van der Waals surface area contributed by atoms with E-state index in [1.54, 1.807) is 12.1 Å². The first kappa shape index (κ1) is 12.2. The summed E-state index contributed by atoms with van der Waals surface area (Å²) in [4.78, 5) is 4.42. The van der Waals surface area contributed by atoms with E-state index in [0.29, 0.717) is 22.8 Å². The van der Waals surface area contributed by atoms with E-state index in [-0.39, 0.29) is 0 Å². The van der Waals surface area contributed by atoms with Crippen molar-refractivity contribution < 1.29 is 9.05 Å². The van der Waals surface area contributed by atoms with Gasteiger partial charge in [-0.2, -0.15) is 4.98 Å². The van der Waals surface area contributed by atoms with Crippen LogP contribution < -0.4 is 0 Å². The molecule has 0 N–H and O–H groups in total. The molecule has 6 nitrogen and oxygen atoms in total. The van der Waals surface area contributed by atoms with Gasteiger partial charge < -0.3 is 9.05 Å². The van der Waals surface area contributed by atoms with E-state index in [1.165, 1.54) is 0 Å². The number of benzene rings is 2. The molecule has 21 heavy (non-hydrogen) atoms. The van der Waals surface area contributed by atoms with Gasteiger partial charge in [0.1, 0.15) is 5.52 Å². The van der Waals surface area contributed by atoms with Crippen LogP contribution in [0.4, 0.5) is 0 Å². The summed E-state index contributed by atoms with van der Waals surface area (Å²) < 4.78 is 11.2. The molecule has 0 aliphatic carbocycles. The van der Waals surface area contributed by atoms with Gasteiger partial charge in [-0.3, -0.25) is 0 Å². The van der Waals surface area contributed by atoms with Crippen LogP contribution in [0.1, 0.15) is 0 Å².